The Kier molecular flexibility index (Phi) is 23.5. The second kappa shape index (κ2) is 23.8. The van der Waals surface area contributed by atoms with Crippen LogP contribution in [0.4, 0.5) is 0 Å². The van der Waals surface area contributed by atoms with Crippen LogP contribution in [0.25, 0.3) is 0 Å². The topological polar surface area (TPSA) is 0 Å². The molecule has 0 aromatic rings. The molecule has 0 heteroatoms. The van der Waals surface area contributed by atoms with Gasteiger partial charge in [-0.25, -0.2) is 0 Å². The SMILES string of the molecule is [CH2]CCCCCCC(C)CCCCC#CCCCCCCC(C)CCCCC[CH2]. The number of unbranched alkanes of at least 4 members (excludes halogenated alkanes) is 13. The van der Waals surface area contributed by atoms with Gasteiger partial charge in [0, 0.05) is 12.8 Å². The van der Waals surface area contributed by atoms with E-state index in [2.05, 4.69) is 39.5 Å². The highest BCUT2D eigenvalue weighted by Crippen LogP contribution is 2.18. The molecule has 0 aliphatic rings. The third-order valence-electron chi connectivity index (χ3n) is 6.27. The molecule has 0 N–H and O–H groups in total. The van der Waals surface area contributed by atoms with Crippen molar-refractivity contribution in [3.05, 3.63) is 13.8 Å². The Bertz CT molecular complexity index is 358. The second-order valence-corrected chi connectivity index (χ2v) is 9.52. The van der Waals surface area contributed by atoms with Gasteiger partial charge in [-0.05, 0) is 24.7 Å². The number of hydrogen-bond donors (Lipinski definition) is 0. The Morgan fingerprint density at radius 3 is 1.21 bits per heavy atom. The van der Waals surface area contributed by atoms with Crippen LogP contribution in [0, 0.1) is 37.5 Å². The van der Waals surface area contributed by atoms with Crippen molar-refractivity contribution in [2.24, 2.45) is 11.8 Å². The van der Waals surface area contributed by atoms with Crippen LogP contribution >= 0.6 is 0 Å². The highest BCUT2D eigenvalue weighted by molar-refractivity contribution is 4.98. The van der Waals surface area contributed by atoms with Crippen LogP contribution < -0.4 is 0 Å². The monoisotopic (exact) mass is 402 g/mol. The zero-order chi connectivity index (χ0) is 21.4. The van der Waals surface area contributed by atoms with Crippen LogP contribution in [-0.4, -0.2) is 0 Å². The predicted molar refractivity (Wildman–Crippen MR) is 134 cm³/mol. The molecule has 2 atom stereocenters. The maximum atomic E-state index is 3.92. The first kappa shape index (κ1) is 28.6. The van der Waals surface area contributed by atoms with Gasteiger partial charge in [0.2, 0.25) is 0 Å². The van der Waals surface area contributed by atoms with E-state index in [0.717, 1.165) is 37.5 Å². The molecule has 0 aromatic carbocycles. The molecule has 0 saturated heterocycles. The summed E-state index contributed by atoms with van der Waals surface area (Å²) in [5.41, 5.74) is 0. The van der Waals surface area contributed by atoms with Crippen LogP contribution in [0.1, 0.15) is 149 Å². The molecule has 2 radical (unpaired) electrons. The molecule has 29 heavy (non-hydrogen) atoms. The van der Waals surface area contributed by atoms with Crippen molar-refractivity contribution in [2.45, 2.75) is 149 Å². The minimum Gasteiger partial charge on any atom is -0.103 e. The van der Waals surface area contributed by atoms with Gasteiger partial charge in [-0.1, -0.05) is 137 Å². The average Bonchev–Trinajstić information content (AvgIpc) is 2.72. The van der Waals surface area contributed by atoms with E-state index in [1.54, 1.807) is 0 Å². The Balaban J connectivity index is 3.31. The van der Waals surface area contributed by atoms with Gasteiger partial charge < -0.3 is 0 Å². The number of hydrogen-bond acceptors (Lipinski definition) is 0. The average molecular weight is 403 g/mol. The molecule has 0 bridgehead atoms. The van der Waals surface area contributed by atoms with Crippen LogP contribution in [0.2, 0.25) is 0 Å². The van der Waals surface area contributed by atoms with Crippen LogP contribution in [0.15, 0.2) is 0 Å². The van der Waals surface area contributed by atoms with Crippen LogP contribution in [-0.2, 0) is 0 Å². The highest BCUT2D eigenvalue weighted by Gasteiger charge is 2.02. The minimum atomic E-state index is 0.902. The predicted octanol–water partition coefficient (Wildman–Crippen LogP) is 10.1. The van der Waals surface area contributed by atoms with Gasteiger partial charge in [-0.3, -0.25) is 0 Å². The van der Waals surface area contributed by atoms with Crippen molar-refractivity contribution < 1.29 is 0 Å². The molecule has 0 amide bonds. The van der Waals surface area contributed by atoms with Crippen molar-refractivity contribution in [2.75, 3.05) is 0 Å². The molecule has 0 aromatic heterocycles. The zero-order valence-electron chi connectivity index (χ0n) is 20.4. The van der Waals surface area contributed by atoms with E-state index in [4.69, 9.17) is 0 Å². The summed E-state index contributed by atoms with van der Waals surface area (Å²) in [5.74, 6) is 8.63. The normalized spacial score (nSPS) is 13.1. The van der Waals surface area contributed by atoms with Gasteiger partial charge in [0.25, 0.3) is 0 Å². The quantitative estimate of drug-likeness (QED) is 0.132. The third-order valence-corrected chi connectivity index (χ3v) is 6.27. The molecule has 0 heterocycles. The molecule has 2 unspecified atom stereocenters. The largest absolute Gasteiger partial charge is 0.103 e. The van der Waals surface area contributed by atoms with Crippen LogP contribution in [0.3, 0.4) is 0 Å². The van der Waals surface area contributed by atoms with Gasteiger partial charge in [0.15, 0.2) is 0 Å². The van der Waals surface area contributed by atoms with E-state index >= 15 is 0 Å². The lowest BCUT2D eigenvalue weighted by Crippen LogP contribution is -1.95. The summed E-state index contributed by atoms with van der Waals surface area (Å²) in [7, 11) is 0. The lowest BCUT2D eigenvalue weighted by Gasteiger charge is -2.10. The molecule has 0 aliphatic carbocycles. The fraction of sp³-hybridized carbons (Fsp3) is 0.862. The molecule has 0 spiro atoms. The summed E-state index contributed by atoms with van der Waals surface area (Å²) in [4.78, 5) is 0. The van der Waals surface area contributed by atoms with Gasteiger partial charge in [-0.15, -0.1) is 11.8 Å². The Hall–Kier alpha value is -0.440. The molecule has 0 saturated carbocycles. The van der Waals surface area contributed by atoms with Gasteiger partial charge in [0.05, 0.1) is 0 Å². The fourth-order valence-corrected chi connectivity index (χ4v) is 4.10. The molecule has 0 aliphatic heterocycles. The Labute approximate surface area is 186 Å². The summed E-state index contributed by atoms with van der Waals surface area (Å²) < 4.78 is 0. The third kappa shape index (κ3) is 23.7. The van der Waals surface area contributed by atoms with E-state index in [1.165, 1.54) is 109 Å². The first-order chi connectivity index (χ1) is 14.2. The molecule has 170 valence electrons. The van der Waals surface area contributed by atoms with E-state index < -0.39 is 0 Å². The zero-order valence-corrected chi connectivity index (χ0v) is 20.4. The molecular formula is C29H54. The number of rotatable bonds is 21. The Morgan fingerprint density at radius 1 is 0.448 bits per heavy atom. The van der Waals surface area contributed by atoms with Gasteiger partial charge in [0.1, 0.15) is 0 Å². The lowest BCUT2D eigenvalue weighted by atomic mass is 9.96. The molecule has 0 fully saturated rings. The summed E-state index contributed by atoms with van der Waals surface area (Å²) >= 11 is 0. The maximum absolute atomic E-state index is 3.92. The van der Waals surface area contributed by atoms with E-state index in [-0.39, 0.29) is 0 Å². The summed E-state index contributed by atoms with van der Waals surface area (Å²) in [6.45, 7) is 12.7. The standard InChI is InChI=1S/C29H54/c1-5-7-9-17-21-25-29(4)27-23-19-16-14-12-11-13-15-18-22-26-28(3)24-20-10-8-6-2/h28-29H,1-2,5-11,13,15-27H2,3-4H3. The van der Waals surface area contributed by atoms with Crippen molar-refractivity contribution in [1.29, 1.82) is 0 Å². The first-order valence-corrected chi connectivity index (χ1v) is 13.2. The van der Waals surface area contributed by atoms with Crippen LogP contribution in [0.5, 0.6) is 0 Å². The summed E-state index contributed by atoms with van der Waals surface area (Å²) in [5, 5.41) is 0. The van der Waals surface area contributed by atoms with E-state index in [9.17, 15) is 0 Å². The van der Waals surface area contributed by atoms with E-state index in [0.29, 0.717) is 0 Å². The van der Waals surface area contributed by atoms with Gasteiger partial charge >= 0.3 is 0 Å². The van der Waals surface area contributed by atoms with Crippen molar-refractivity contribution in [3.63, 3.8) is 0 Å². The summed E-state index contributed by atoms with van der Waals surface area (Å²) in [6.07, 6.45) is 27.8. The van der Waals surface area contributed by atoms with E-state index in [1.807, 2.05) is 0 Å². The highest BCUT2D eigenvalue weighted by atomic mass is 14.1. The second-order valence-electron chi connectivity index (χ2n) is 9.52. The lowest BCUT2D eigenvalue weighted by molar-refractivity contribution is 0.436. The smallest absolute Gasteiger partial charge is 0.00886 e. The van der Waals surface area contributed by atoms with Crippen molar-refractivity contribution in [1.82, 2.24) is 0 Å². The molecular weight excluding hydrogens is 348 g/mol. The first-order valence-electron chi connectivity index (χ1n) is 13.2. The van der Waals surface area contributed by atoms with Crippen molar-refractivity contribution in [3.8, 4) is 11.8 Å². The van der Waals surface area contributed by atoms with Gasteiger partial charge in [-0.2, -0.15) is 0 Å². The fourth-order valence-electron chi connectivity index (χ4n) is 4.10. The molecule has 0 nitrogen and oxygen atoms in total. The minimum absolute atomic E-state index is 0.902. The Morgan fingerprint density at radius 2 is 0.759 bits per heavy atom. The molecule has 0 rings (SSSR count). The summed E-state index contributed by atoms with van der Waals surface area (Å²) in [6, 6.07) is 0. The van der Waals surface area contributed by atoms with Crippen molar-refractivity contribution >= 4 is 0 Å². The maximum Gasteiger partial charge on any atom is 0.00886 e.